The molecule has 0 aliphatic carbocycles. The predicted octanol–water partition coefficient (Wildman–Crippen LogP) is 3.96. The van der Waals surface area contributed by atoms with Crippen LogP contribution in [0.4, 0.5) is 0 Å². The molecule has 1 unspecified atom stereocenters. The molecule has 0 amide bonds. The molecular weight excluding hydrogens is 436 g/mol. The Morgan fingerprint density at radius 2 is 2.06 bits per heavy atom. The van der Waals surface area contributed by atoms with Crippen LogP contribution in [0.3, 0.4) is 0 Å². The van der Waals surface area contributed by atoms with Gasteiger partial charge in [0, 0.05) is 11.3 Å². The van der Waals surface area contributed by atoms with Crippen molar-refractivity contribution in [3.8, 4) is 11.4 Å². The van der Waals surface area contributed by atoms with Crippen molar-refractivity contribution in [2.45, 2.75) is 44.1 Å². The number of carbonyl (C=O) groups excluding carboxylic acids is 1. The lowest BCUT2D eigenvalue weighted by Gasteiger charge is -2.32. The number of aromatic nitrogens is 2. The van der Waals surface area contributed by atoms with Crippen LogP contribution in [0.2, 0.25) is 0 Å². The van der Waals surface area contributed by atoms with E-state index in [0.29, 0.717) is 39.8 Å². The van der Waals surface area contributed by atoms with Crippen molar-refractivity contribution in [2.24, 2.45) is 0 Å². The fourth-order valence-corrected chi connectivity index (χ4v) is 5.56. The Morgan fingerprint density at radius 1 is 1.32 bits per heavy atom. The summed E-state index contributed by atoms with van der Waals surface area (Å²) in [6.07, 6.45) is 1.53. The Balaban J connectivity index is 1.91. The van der Waals surface area contributed by atoms with Gasteiger partial charge in [0.1, 0.15) is 10.6 Å². The van der Waals surface area contributed by atoms with Crippen molar-refractivity contribution in [3.63, 3.8) is 0 Å². The first kappa shape index (κ1) is 21.9. The number of hydrogen-bond acceptors (Lipinski definition) is 8. The summed E-state index contributed by atoms with van der Waals surface area (Å²) in [5.74, 6) is 0.378. The van der Waals surface area contributed by atoms with Crippen molar-refractivity contribution < 1.29 is 19.0 Å². The second-order valence-electron chi connectivity index (χ2n) is 7.55. The van der Waals surface area contributed by atoms with E-state index in [-0.39, 0.29) is 22.9 Å². The van der Waals surface area contributed by atoms with Gasteiger partial charge in [-0.1, -0.05) is 18.7 Å². The Bertz CT molecular complexity index is 1190. The number of fused-ring (bicyclic) bond motifs is 3. The van der Waals surface area contributed by atoms with E-state index in [1.807, 2.05) is 12.1 Å². The minimum atomic E-state index is -0.377. The van der Waals surface area contributed by atoms with Crippen molar-refractivity contribution in [3.05, 3.63) is 45.1 Å². The quantitative estimate of drug-likeness (QED) is 0.313. The van der Waals surface area contributed by atoms with Crippen LogP contribution in [-0.2, 0) is 27.3 Å². The van der Waals surface area contributed by atoms with Gasteiger partial charge >= 0.3 is 5.97 Å². The summed E-state index contributed by atoms with van der Waals surface area (Å²) >= 11 is 2.68. The molecular formula is C22H24N2O5S2. The zero-order valence-electron chi connectivity index (χ0n) is 17.9. The minimum Gasteiger partial charge on any atom is -0.497 e. The highest BCUT2D eigenvalue weighted by molar-refractivity contribution is 7.99. The standard InChI is InChI=1S/C22H24N2O5S2/c1-5-22(2)10-15-16(11-29-22)31-19-18(15)20(26)24(13-6-8-14(27-3)9-7-13)21(23-19)30-12-17(25)28-4/h6-9H,5,10-12H2,1-4H3. The number of nitrogens with zero attached hydrogens (tertiary/aromatic N) is 2. The topological polar surface area (TPSA) is 79.6 Å². The number of methoxy groups -OCH3 is 2. The number of hydrogen-bond donors (Lipinski definition) is 0. The lowest BCUT2D eigenvalue weighted by atomic mass is 9.90. The molecule has 0 saturated heterocycles. The van der Waals surface area contributed by atoms with Crippen LogP contribution in [0, 0.1) is 0 Å². The van der Waals surface area contributed by atoms with Crippen molar-refractivity contribution >= 4 is 39.3 Å². The highest BCUT2D eigenvalue weighted by Gasteiger charge is 2.33. The monoisotopic (exact) mass is 460 g/mol. The van der Waals surface area contributed by atoms with E-state index < -0.39 is 0 Å². The SMILES string of the molecule is CCC1(C)Cc2c(sc3nc(SCC(=O)OC)n(-c4ccc(OC)cc4)c(=O)c23)CO1. The second kappa shape index (κ2) is 8.64. The van der Waals surface area contributed by atoms with Crippen LogP contribution < -0.4 is 10.3 Å². The van der Waals surface area contributed by atoms with E-state index >= 15 is 0 Å². The maximum Gasteiger partial charge on any atom is 0.316 e. The van der Waals surface area contributed by atoms with E-state index in [1.54, 1.807) is 23.8 Å². The Kier molecular flexibility index (Phi) is 6.09. The zero-order chi connectivity index (χ0) is 22.2. The van der Waals surface area contributed by atoms with Gasteiger partial charge in [0.25, 0.3) is 5.56 Å². The third-order valence-corrected chi connectivity index (χ3v) is 7.62. The molecule has 3 aromatic rings. The van der Waals surface area contributed by atoms with Gasteiger partial charge in [-0.15, -0.1) is 11.3 Å². The van der Waals surface area contributed by atoms with Gasteiger partial charge in [-0.25, -0.2) is 4.98 Å². The summed E-state index contributed by atoms with van der Waals surface area (Å²) in [5, 5.41) is 1.09. The molecule has 0 bridgehead atoms. The van der Waals surface area contributed by atoms with Gasteiger partial charge in [0.05, 0.1) is 43.3 Å². The summed E-state index contributed by atoms with van der Waals surface area (Å²) in [7, 11) is 2.94. The van der Waals surface area contributed by atoms with Gasteiger partial charge in [-0.05, 0) is 43.2 Å². The van der Waals surface area contributed by atoms with Crippen LogP contribution >= 0.6 is 23.1 Å². The smallest absolute Gasteiger partial charge is 0.316 e. The molecule has 1 atom stereocenters. The average Bonchev–Trinajstić information content (AvgIpc) is 3.15. The number of esters is 1. The fourth-order valence-electron chi connectivity index (χ4n) is 3.57. The molecule has 2 aromatic heterocycles. The van der Waals surface area contributed by atoms with Gasteiger partial charge in [0.15, 0.2) is 5.16 Å². The molecule has 1 aliphatic rings. The van der Waals surface area contributed by atoms with Crippen molar-refractivity contribution in [1.82, 2.24) is 9.55 Å². The summed E-state index contributed by atoms with van der Waals surface area (Å²) < 4.78 is 17.6. The third-order valence-electron chi connectivity index (χ3n) is 5.61. The van der Waals surface area contributed by atoms with Crippen LogP contribution in [0.1, 0.15) is 30.7 Å². The van der Waals surface area contributed by atoms with E-state index in [1.165, 1.54) is 30.2 Å². The number of carbonyl (C=O) groups is 1. The largest absolute Gasteiger partial charge is 0.497 e. The lowest BCUT2D eigenvalue weighted by molar-refractivity contribution is -0.137. The number of thioether (sulfide) groups is 1. The fraction of sp³-hybridized carbons (Fsp3) is 0.409. The number of ether oxygens (including phenoxy) is 3. The summed E-state index contributed by atoms with van der Waals surface area (Å²) in [4.78, 5) is 32.0. The number of benzene rings is 1. The van der Waals surface area contributed by atoms with Crippen LogP contribution in [0.15, 0.2) is 34.2 Å². The molecule has 1 aliphatic heterocycles. The normalized spacial score (nSPS) is 18.1. The van der Waals surface area contributed by atoms with Crippen LogP contribution in [0.5, 0.6) is 5.75 Å². The Hall–Kier alpha value is -2.36. The van der Waals surface area contributed by atoms with Gasteiger partial charge in [0.2, 0.25) is 0 Å². The van der Waals surface area contributed by atoms with Crippen LogP contribution in [0.25, 0.3) is 15.9 Å². The second-order valence-corrected chi connectivity index (χ2v) is 9.58. The highest BCUT2D eigenvalue weighted by atomic mass is 32.2. The van der Waals surface area contributed by atoms with E-state index in [4.69, 9.17) is 19.2 Å². The summed E-state index contributed by atoms with van der Waals surface area (Å²) in [5.41, 5.74) is 1.26. The van der Waals surface area contributed by atoms with Gasteiger partial charge < -0.3 is 14.2 Å². The Morgan fingerprint density at radius 3 is 2.71 bits per heavy atom. The van der Waals surface area contributed by atoms with Gasteiger partial charge in [-0.2, -0.15) is 0 Å². The molecule has 0 N–H and O–H groups in total. The van der Waals surface area contributed by atoms with Crippen molar-refractivity contribution in [2.75, 3.05) is 20.0 Å². The first-order chi connectivity index (χ1) is 14.9. The molecule has 0 radical (unpaired) electrons. The van der Waals surface area contributed by atoms with Gasteiger partial charge in [-0.3, -0.25) is 14.2 Å². The van der Waals surface area contributed by atoms with Crippen molar-refractivity contribution in [1.29, 1.82) is 0 Å². The highest BCUT2D eigenvalue weighted by Crippen LogP contribution is 2.39. The molecule has 31 heavy (non-hydrogen) atoms. The third kappa shape index (κ3) is 4.09. The predicted molar refractivity (Wildman–Crippen MR) is 122 cm³/mol. The molecule has 4 rings (SSSR count). The van der Waals surface area contributed by atoms with E-state index in [0.717, 1.165) is 16.9 Å². The molecule has 7 nitrogen and oxygen atoms in total. The molecule has 0 saturated carbocycles. The maximum absolute atomic E-state index is 13.8. The molecule has 164 valence electrons. The molecule has 3 heterocycles. The summed E-state index contributed by atoms with van der Waals surface area (Å²) in [6, 6.07) is 7.22. The van der Waals surface area contributed by atoms with E-state index in [9.17, 15) is 9.59 Å². The van der Waals surface area contributed by atoms with Crippen LogP contribution in [-0.4, -0.2) is 41.1 Å². The first-order valence-corrected chi connectivity index (χ1v) is 11.7. The number of rotatable bonds is 6. The average molecular weight is 461 g/mol. The minimum absolute atomic E-state index is 0.0622. The maximum atomic E-state index is 13.8. The first-order valence-electron chi connectivity index (χ1n) is 9.94. The van der Waals surface area contributed by atoms with E-state index in [2.05, 4.69) is 13.8 Å². The molecule has 9 heteroatoms. The molecule has 1 aromatic carbocycles. The number of thiophene rings is 1. The molecule has 0 spiro atoms. The summed E-state index contributed by atoms with van der Waals surface area (Å²) in [6.45, 7) is 4.65. The Labute approximate surface area is 188 Å². The zero-order valence-corrected chi connectivity index (χ0v) is 19.5. The molecule has 0 fully saturated rings. The lowest BCUT2D eigenvalue weighted by Crippen LogP contribution is -2.34.